The number of carbonyl (C=O) groups is 1. The normalized spacial score (nSPS) is 16.5. The Balaban J connectivity index is 2.18. The van der Waals surface area contributed by atoms with E-state index < -0.39 is 6.04 Å². The Morgan fingerprint density at radius 1 is 1.29 bits per heavy atom. The van der Waals surface area contributed by atoms with Crippen LogP contribution in [0.2, 0.25) is 5.02 Å². The highest BCUT2D eigenvalue weighted by molar-refractivity contribution is 6.31. The molecule has 0 saturated heterocycles. The minimum Gasteiger partial charge on any atom is -0.496 e. The topological polar surface area (TPSA) is 53.3 Å². The Kier molecular flexibility index (Phi) is 3.28. The summed E-state index contributed by atoms with van der Waals surface area (Å²) < 4.78 is 5.25. The summed E-state index contributed by atoms with van der Waals surface area (Å²) in [6.45, 7) is 0. The molecule has 0 spiro atoms. The highest BCUT2D eigenvalue weighted by Gasteiger charge is 2.40. The molecule has 1 unspecified atom stereocenters. The van der Waals surface area contributed by atoms with Crippen LogP contribution in [0.1, 0.15) is 22.0 Å². The molecule has 2 aromatic carbocycles. The zero-order chi connectivity index (χ0) is 15.0. The number of hydrogen-bond donors (Lipinski definition) is 0. The molecule has 0 bridgehead atoms. The molecule has 1 atom stereocenters. The molecular weight excluding hydrogens is 288 g/mol. The van der Waals surface area contributed by atoms with Crippen molar-refractivity contribution in [3.8, 4) is 11.8 Å². The van der Waals surface area contributed by atoms with Crippen LogP contribution in [-0.2, 0) is 0 Å². The van der Waals surface area contributed by atoms with Gasteiger partial charge in [0.25, 0.3) is 5.91 Å². The van der Waals surface area contributed by atoms with E-state index in [1.54, 1.807) is 42.5 Å². The summed E-state index contributed by atoms with van der Waals surface area (Å²) in [5, 5.41) is 9.99. The lowest BCUT2D eigenvalue weighted by molar-refractivity contribution is 0.0992. The highest BCUT2D eigenvalue weighted by Crippen LogP contribution is 2.41. The van der Waals surface area contributed by atoms with E-state index in [9.17, 15) is 10.1 Å². The molecule has 1 aliphatic heterocycles. The molecule has 0 fully saturated rings. The van der Waals surface area contributed by atoms with E-state index in [1.807, 2.05) is 0 Å². The summed E-state index contributed by atoms with van der Waals surface area (Å²) >= 11 is 5.99. The maximum Gasteiger partial charge on any atom is 0.263 e. The van der Waals surface area contributed by atoms with Gasteiger partial charge in [-0.1, -0.05) is 29.8 Å². The lowest BCUT2D eigenvalue weighted by atomic mass is 10.0. The Hall–Kier alpha value is -2.51. The van der Waals surface area contributed by atoms with Crippen molar-refractivity contribution in [2.45, 2.75) is 6.04 Å². The van der Waals surface area contributed by atoms with Crippen LogP contribution in [0.5, 0.6) is 5.75 Å². The summed E-state index contributed by atoms with van der Waals surface area (Å²) in [6.07, 6.45) is 0. The summed E-state index contributed by atoms with van der Waals surface area (Å²) in [7, 11) is 1.51. The zero-order valence-electron chi connectivity index (χ0n) is 11.2. The summed E-state index contributed by atoms with van der Waals surface area (Å²) in [5.74, 6) is 0.221. The van der Waals surface area contributed by atoms with Crippen LogP contribution in [0.15, 0.2) is 42.5 Å². The molecule has 0 saturated carbocycles. The van der Waals surface area contributed by atoms with Gasteiger partial charge < -0.3 is 4.74 Å². The molecule has 0 aromatic heterocycles. The molecule has 0 aliphatic carbocycles. The molecule has 0 radical (unpaired) electrons. The van der Waals surface area contributed by atoms with Crippen molar-refractivity contribution in [3.05, 3.63) is 58.6 Å². The van der Waals surface area contributed by atoms with Gasteiger partial charge in [0.2, 0.25) is 0 Å². The molecule has 5 heteroatoms. The molecule has 0 N–H and O–H groups in total. The molecule has 1 aliphatic rings. The number of carbonyl (C=O) groups excluding carboxylic acids is 1. The van der Waals surface area contributed by atoms with Crippen LogP contribution < -0.4 is 9.64 Å². The van der Waals surface area contributed by atoms with Gasteiger partial charge in [-0.3, -0.25) is 9.69 Å². The standard InChI is InChI=1S/C16H11ClN2O2/c1-21-14-7-3-6-12-13(9-18)19(16(20)15(12)14)11-5-2-4-10(17)8-11/h2-8,13H,1H3. The third-order valence-electron chi connectivity index (χ3n) is 3.47. The number of nitrogens with zero attached hydrogens (tertiary/aromatic N) is 2. The third-order valence-corrected chi connectivity index (χ3v) is 3.71. The van der Waals surface area contributed by atoms with Crippen molar-refractivity contribution < 1.29 is 9.53 Å². The number of fused-ring (bicyclic) bond motifs is 1. The second-order valence-electron chi connectivity index (χ2n) is 4.61. The maximum atomic E-state index is 12.7. The second kappa shape index (κ2) is 5.12. The number of rotatable bonds is 2. The molecular formula is C16H11ClN2O2. The van der Waals surface area contributed by atoms with Crippen LogP contribution in [-0.4, -0.2) is 13.0 Å². The van der Waals surface area contributed by atoms with E-state index >= 15 is 0 Å². The third kappa shape index (κ3) is 2.03. The average molecular weight is 299 g/mol. The summed E-state index contributed by atoms with van der Waals surface area (Å²) in [6, 6.07) is 13.7. The molecule has 3 rings (SSSR count). The van der Waals surface area contributed by atoms with E-state index in [4.69, 9.17) is 16.3 Å². The van der Waals surface area contributed by atoms with E-state index in [0.717, 1.165) is 0 Å². The second-order valence-corrected chi connectivity index (χ2v) is 5.05. The minimum atomic E-state index is -0.680. The van der Waals surface area contributed by atoms with Crippen LogP contribution in [0.4, 0.5) is 5.69 Å². The van der Waals surface area contributed by atoms with Crippen LogP contribution in [0, 0.1) is 11.3 Å². The highest BCUT2D eigenvalue weighted by atomic mass is 35.5. The number of nitriles is 1. The number of anilines is 1. The van der Waals surface area contributed by atoms with Crippen molar-refractivity contribution in [2.75, 3.05) is 12.0 Å². The molecule has 2 aromatic rings. The first-order chi connectivity index (χ1) is 10.2. The summed E-state index contributed by atoms with van der Waals surface area (Å²) in [4.78, 5) is 14.2. The van der Waals surface area contributed by atoms with Gasteiger partial charge >= 0.3 is 0 Å². The number of amides is 1. The van der Waals surface area contributed by atoms with Crippen molar-refractivity contribution in [1.29, 1.82) is 5.26 Å². The first-order valence-corrected chi connectivity index (χ1v) is 6.71. The van der Waals surface area contributed by atoms with Crippen molar-refractivity contribution >= 4 is 23.2 Å². The van der Waals surface area contributed by atoms with Crippen molar-refractivity contribution in [2.24, 2.45) is 0 Å². The van der Waals surface area contributed by atoms with E-state index in [1.165, 1.54) is 12.0 Å². The predicted octanol–water partition coefficient (Wildman–Crippen LogP) is 3.57. The minimum absolute atomic E-state index is 0.253. The van der Waals surface area contributed by atoms with Gasteiger partial charge in [0.1, 0.15) is 5.75 Å². The van der Waals surface area contributed by atoms with Crippen molar-refractivity contribution in [3.63, 3.8) is 0 Å². The smallest absolute Gasteiger partial charge is 0.263 e. The first kappa shape index (κ1) is 13.5. The SMILES string of the molecule is COc1cccc2c1C(=O)N(c1cccc(Cl)c1)C2C#N. The average Bonchev–Trinajstić information content (AvgIpc) is 2.79. The monoisotopic (exact) mass is 298 g/mol. The Bertz CT molecular complexity index is 767. The molecule has 104 valence electrons. The molecule has 1 amide bonds. The fourth-order valence-electron chi connectivity index (χ4n) is 2.57. The lowest BCUT2D eigenvalue weighted by Gasteiger charge is -2.20. The number of ether oxygens (including phenoxy) is 1. The predicted molar refractivity (Wildman–Crippen MR) is 79.6 cm³/mol. The number of benzene rings is 2. The quantitative estimate of drug-likeness (QED) is 0.851. The van der Waals surface area contributed by atoms with Crippen LogP contribution in [0.3, 0.4) is 0 Å². The van der Waals surface area contributed by atoms with Gasteiger partial charge in [0.15, 0.2) is 6.04 Å². The Labute approximate surface area is 127 Å². The molecule has 1 heterocycles. The number of halogens is 1. The Morgan fingerprint density at radius 2 is 2.05 bits per heavy atom. The zero-order valence-corrected chi connectivity index (χ0v) is 12.0. The summed E-state index contributed by atoms with van der Waals surface area (Å²) in [5.41, 5.74) is 1.69. The lowest BCUT2D eigenvalue weighted by Crippen LogP contribution is -2.27. The van der Waals surface area contributed by atoms with E-state index in [-0.39, 0.29) is 5.91 Å². The Morgan fingerprint density at radius 3 is 2.71 bits per heavy atom. The van der Waals surface area contributed by atoms with Gasteiger partial charge in [0, 0.05) is 16.3 Å². The van der Waals surface area contributed by atoms with E-state index in [2.05, 4.69) is 6.07 Å². The van der Waals surface area contributed by atoms with Gasteiger partial charge in [-0.05, 0) is 24.3 Å². The van der Waals surface area contributed by atoms with Gasteiger partial charge in [-0.15, -0.1) is 0 Å². The number of methoxy groups -OCH3 is 1. The first-order valence-electron chi connectivity index (χ1n) is 6.33. The fourth-order valence-corrected chi connectivity index (χ4v) is 2.76. The van der Waals surface area contributed by atoms with Gasteiger partial charge in [-0.25, -0.2) is 0 Å². The molecule has 4 nitrogen and oxygen atoms in total. The van der Waals surface area contributed by atoms with Crippen LogP contribution in [0.25, 0.3) is 0 Å². The van der Waals surface area contributed by atoms with Crippen LogP contribution >= 0.6 is 11.6 Å². The number of hydrogen-bond acceptors (Lipinski definition) is 3. The van der Waals surface area contributed by atoms with Gasteiger partial charge in [0.05, 0.1) is 18.7 Å². The van der Waals surface area contributed by atoms with Crippen molar-refractivity contribution in [1.82, 2.24) is 0 Å². The maximum absolute atomic E-state index is 12.7. The molecule has 21 heavy (non-hydrogen) atoms. The fraction of sp³-hybridized carbons (Fsp3) is 0.125. The van der Waals surface area contributed by atoms with Gasteiger partial charge in [-0.2, -0.15) is 5.26 Å². The largest absolute Gasteiger partial charge is 0.496 e. The van der Waals surface area contributed by atoms with E-state index in [0.29, 0.717) is 27.6 Å².